The molecule has 30 heavy (non-hydrogen) atoms. The second-order valence-corrected chi connectivity index (χ2v) is 9.33. The third kappa shape index (κ3) is 4.49. The zero-order valence-electron chi connectivity index (χ0n) is 17.1. The molecule has 2 heterocycles. The molecule has 1 aliphatic heterocycles. The Morgan fingerprint density at radius 2 is 1.90 bits per heavy atom. The van der Waals surface area contributed by atoms with Gasteiger partial charge in [0.25, 0.3) is 5.91 Å². The number of hydrogen-bond donors (Lipinski definition) is 1. The normalized spacial score (nSPS) is 15.3. The smallest absolute Gasteiger partial charge is 0.289 e. The maximum Gasteiger partial charge on any atom is 0.289 e. The lowest BCUT2D eigenvalue weighted by molar-refractivity contribution is -0.121. The molecule has 3 rings (SSSR count). The second kappa shape index (κ2) is 8.88. The van der Waals surface area contributed by atoms with Gasteiger partial charge in [-0.15, -0.1) is 0 Å². The van der Waals surface area contributed by atoms with Crippen LogP contribution in [0.2, 0.25) is 0 Å². The fourth-order valence-electron chi connectivity index (χ4n) is 3.29. The van der Waals surface area contributed by atoms with Crippen molar-refractivity contribution in [1.29, 1.82) is 0 Å². The van der Waals surface area contributed by atoms with E-state index < -0.39 is 10.0 Å². The lowest BCUT2D eigenvalue weighted by Gasteiger charge is -2.30. The lowest BCUT2D eigenvalue weighted by atomic mass is 9.95. The first-order chi connectivity index (χ1) is 14.2. The molecule has 0 saturated carbocycles. The average Bonchev–Trinajstić information content (AvgIpc) is 3.28. The van der Waals surface area contributed by atoms with E-state index in [0.717, 1.165) is 4.31 Å². The number of anilines is 1. The summed E-state index contributed by atoms with van der Waals surface area (Å²) in [4.78, 5) is 26.9. The number of benzene rings is 1. The van der Waals surface area contributed by atoms with Gasteiger partial charge in [-0.1, -0.05) is 0 Å². The van der Waals surface area contributed by atoms with Gasteiger partial charge in [0, 0.05) is 33.1 Å². The van der Waals surface area contributed by atoms with Crippen LogP contribution in [0.25, 0.3) is 0 Å². The van der Waals surface area contributed by atoms with Gasteiger partial charge in [-0.2, -0.15) is 0 Å². The van der Waals surface area contributed by atoms with E-state index in [9.17, 15) is 18.0 Å². The number of amides is 2. The highest BCUT2D eigenvalue weighted by Crippen LogP contribution is 2.30. The van der Waals surface area contributed by atoms with E-state index >= 15 is 0 Å². The monoisotopic (exact) mass is 435 g/mol. The number of hydrogen-bond acceptors (Lipinski definition) is 6. The Morgan fingerprint density at radius 1 is 1.20 bits per heavy atom. The summed E-state index contributed by atoms with van der Waals surface area (Å²) < 4.78 is 36.3. The number of furan rings is 1. The van der Waals surface area contributed by atoms with Crippen molar-refractivity contribution in [3.05, 3.63) is 42.4 Å². The molecule has 1 N–H and O–H groups in total. The minimum atomic E-state index is -3.65. The van der Waals surface area contributed by atoms with E-state index in [2.05, 4.69) is 5.32 Å². The van der Waals surface area contributed by atoms with Crippen LogP contribution < -0.4 is 10.1 Å². The Hall–Kier alpha value is -2.85. The van der Waals surface area contributed by atoms with Gasteiger partial charge in [0.05, 0.1) is 24.0 Å². The molecule has 1 aliphatic rings. The quantitative estimate of drug-likeness (QED) is 0.744. The number of sulfonamides is 1. The van der Waals surface area contributed by atoms with Crippen LogP contribution in [-0.2, 0) is 14.8 Å². The fraction of sp³-hybridized carbons (Fsp3) is 0.400. The van der Waals surface area contributed by atoms with Gasteiger partial charge in [0.2, 0.25) is 15.9 Å². The minimum absolute atomic E-state index is 0.0578. The number of rotatable bonds is 6. The molecule has 1 aromatic heterocycles. The lowest BCUT2D eigenvalue weighted by Crippen LogP contribution is -2.41. The molecule has 9 nitrogen and oxygen atoms in total. The van der Waals surface area contributed by atoms with Crippen LogP contribution in [0.1, 0.15) is 23.4 Å². The molecule has 0 radical (unpaired) electrons. The third-order valence-corrected chi connectivity index (χ3v) is 6.90. The maximum atomic E-state index is 12.8. The zero-order valence-corrected chi connectivity index (χ0v) is 17.9. The van der Waals surface area contributed by atoms with Gasteiger partial charge in [-0.05, 0) is 43.2 Å². The van der Waals surface area contributed by atoms with Crippen molar-refractivity contribution in [2.75, 3.05) is 39.6 Å². The molecule has 2 amide bonds. The largest absolute Gasteiger partial charge is 0.495 e. The van der Waals surface area contributed by atoms with Crippen molar-refractivity contribution in [3.8, 4) is 5.75 Å². The summed E-state index contributed by atoms with van der Waals surface area (Å²) in [5, 5.41) is 2.79. The summed E-state index contributed by atoms with van der Waals surface area (Å²) in [6, 6.07) is 7.61. The van der Waals surface area contributed by atoms with Gasteiger partial charge in [0.1, 0.15) is 5.75 Å². The van der Waals surface area contributed by atoms with Crippen LogP contribution >= 0.6 is 0 Å². The van der Waals surface area contributed by atoms with Gasteiger partial charge >= 0.3 is 0 Å². The highest BCUT2D eigenvalue weighted by atomic mass is 32.2. The van der Waals surface area contributed by atoms with Crippen molar-refractivity contribution in [2.45, 2.75) is 17.7 Å². The first kappa shape index (κ1) is 21.8. The van der Waals surface area contributed by atoms with E-state index in [4.69, 9.17) is 9.15 Å². The molecule has 162 valence electrons. The summed E-state index contributed by atoms with van der Waals surface area (Å²) in [6.45, 7) is 0.869. The van der Waals surface area contributed by atoms with Crippen molar-refractivity contribution < 1.29 is 27.2 Å². The summed E-state index contributed by atoms with van der Waals surface area (Å²) >= 11 is 0. The predicted octanol–water partition coefficient (Wildman–Crippen LogP) is 2.03. The van der Waals surface area contributed by atoms with Gasteiger partial charge in [0.15, 0.2) is 5.76 Å². The first-order valence-electron chi connectivity index (χ1n) is 9.48. The number of nitrogens with zero attached hydrogens (tertiary/aromatic N) is 2. The number of piperidine rings is 1. The zero-order chi connectivity index (χ0) is 21.9. The van der Waals surface area contributed by atoms with Crippen LogP contribution in [0, 0.1) is 5.92 Å². The van der Waals surface area contributed by atoms with Crippen molar-refractivity contribution in [1.82, 2.24) is 9.21 Å². The van der Waals surface area contributed by atoms with Crippen LogP contribution in [0.4, 0.5) is 5.69 Å². The van der Waals surface area contributed by atoms with Crippen molar-refractivity contribution >= 4 is 27.5 Å². The van der Waals surface area contributed by atoms with Gasteiger partial charge in [-0.25, -0.2) is 12.7 Å². The van der Waals surface area contributed by atoms with E-state index in [-0.39, 0.29) is 28.4 Å². The standard InChI is InChI=1S/C20H25N3O6S/c1-22(2)30(26,27)15-6-7-17(28-3)16(13-15)21-19(24)14-8-10-23(11-9-14)20(25)18-5-4-12-29-18/h4-7,12-14H,8-11H2,1-3H3,(H,21,24). The van der Waals surface area contributed by atoms with E-state index in [1.807, 2.05) is 0 Å². The molecule has 10 heteroatoms. The van der Waals surface area contributed by atoms with Gasteiger partial charge in [-0.3, -0.25) is 9.59 Å². The Balaban J connectivity index is 1.68. The molecule has 0 bridgehead atoms. The summed E-state index contributed by atoms with van der Waals surface area (Å²) in [5.74, 6) is -0.0857. The molecule has 1 saturated heterocycles. The average molecular weight is 436 g/mol. The van der Waals surface area contributed by atoms with E-state index in [1.54, 1.807) is 17.0 Å². The van der Waals surface area contributed by atoms with Crippen LogP contribution in [0.3, 0.4) is 0 Å². The van der Waals surface area contributed by atoms with Crippen LogP contribution in [0.5, 0.6) is 5.75 Å². The molecular weight excluding hydrogens is 410 g/mol. The number of nitrogens with one attached hydrogen (secondary N) is 1. The van der Waals surface area contributed by atoms with Crippen molar-refractivity contribution in [2.24, 2.45) is 5.92 Å². The molecule has 1 aromatic carbocycles. The predicted molar refractivity (Wildman–Crippen MR) is 110 cm³/mol. The van der Waals surface area contributed by atoms with E-state index in [0.29, 0.717) is 37.4 Å². The topological polar surface area (TPSA) is 109 Å². The summed E-state index contributed by atoms with van der Waals surface area (Å²) in [6.07, 6.45) is 2.44. The minimum Gasteiger partial charge on any atom is -0.495 e. The molecular formula is C20H25N3O6S. The first-order valence-corrected chi connectivity index (χ1v) is 10.9. The van der Waals surface area contributed by atoms with Gasteiger partial charge < -0.3 is 19.4 Å². The number of carbonyl (C=O) groups excluding carboxylic acids is 2. The van der Waals surface area contributed by atoms with E-state index in [1.165, 1.54) is 45.7 Å². The number of methoxy groups -OCH3 is 1. The van der Waals surface area contributed by atoms with Crippen LogP contribution in [0.15, 0.2) is 45.9 Å². The van der Waals surface area contributed by atoms with Crippen LogP contribution in [-0.4, -0.2) is 63.7 Å². The fourth-order valence-corrected chi connectivity index (χ4v) is 4.22. The molecule has 0 aliphatic carbocycles. The Bertz CT molecular complexity index is 1010. The number of ether oxygens (including phenoxy) is 1. The Morgan fingerprint density at radius 3 is 2.47 bits per heavy atom. The molecule has 0 atom stereocenters. The molecule has 0 spiro atoms. The Kier molecular flexibility index (Phi) is 6.47. The molecule has 0 unspecified atom stereocenters. The number of carbonyl (C=O) groups is 2. The van der Waals surface area contributed by atoms with Crippen molar-refractivity contribution in [3.63, 3.8) is 0 Å². The maximum absolute atomic E-state index is 12.8. The second-order valence-electron chi connectivity index (χ2n) is 7.18. The summed E-state index contributed by atoms with van der Waals surface area (Å²) in [7, 11) is 0.678. The number of likely N-dealkylation sites (tertiary alicyclic amines) is 1. The third-order valence-electron chi connectivity index (χ3n) is 5.09. The SMILES string of the molecule is COc1ccc(S(=O)(=O)N(C)C)cc1NC(=O)C1CCN(C(=O)c2ccco2)CC1. The molecule has 1 fully saturated rings. The highest BCUT2D eigenvalue weighted by Gasteiger charge is 2.29. The Labute approximate surface area is 175 Å². The highest BCUT2D eigenvalue weighted by molar-refractivity contribution is 7.89. The summed E-state index contributed by atoms with van der Waals surface area (Å²) in [5.41, 5.74) is 0.291. The molecule has 2 aromatic rings.